The third kappa shape index (κ3) is 2.38. The fourth-order valence-corrected chi connectivity index (χ4v) is 3.10. The van der Waals surface area contributed by atoms with E-state index in [0.29, 0.717) is 0 Å². The Labute approximate surface area is 120 Å². The van der Waals surface area contributed by atoms with Crippen molar-refractivity contribution in [2.75, 3.05) is 18.0 Å². The number of para-hydroxylation sites is 1. The average molecular weight is 270 g/mol. The number of aromatic nitrogens is 1. The first-order chi connectivity index (χ1) is 9.69. The second-order valence-electron chi connectivity index (χ2n) is 6.05. The highest BCUT2D eigenvalue weighted by Crippen LogP contribution is 2.33. The highest BCUT2D eigenvalue weighted by molar-refractivity contribution is 5.92. The Morgan fingerprint density at radius 2 is 2.15 bits per heavy atom. The smallest absolute Gasteiger partial charge is 0.0854 e. The Morgan fingerprint density at radius 1 is 1.35 bits per heavy atom. The fraction of sp³-hybridized carbons (Fsp3) is 0.471. The van der Waals surface area contributed by atoms with E-state index in [0.717, 1.165) is 36.1 Å². The van der Waals surface area contributed by atoms with Crippen LogP contribution in [0.15, 0.2) is 30.3 Å². The van der Waals surface area contributed by atoms with Crippen molar-refractivity contribution in [3.63, 3.8) is 0 Å². The van der Waals surface area contributed by atoms with Gasteiger partial charge in [-0.1, -0.05) is 32.0 Å². The summed E-state index contributed by atoms with van der Waals surface area (Å²) in [5.41, 5.74) is 2.96. The van der Waals surface area contributed by atoms with Gasteiger partial charge >= 0.3 is 0 Å². The number of aliphatic hydroxyl groups is 1. The van der Waals surface area contributed by atoms with E-state index >= 15 is 0 Å². The Morgan fingerprint density at radius 3 is 2.85 bits per heavy atom. The van der Waals surface area contributed by atoms with Gasteiger partial charge in [0.15, 0.2) is 0 Å². The molecule has 1 fully saturated rings. The van der Waals surface area contributed by atoms with Gasteiger partial charge < -0.3 is 10.0 Å². The van der Waals surface area contributed by atoms with Crippen LogP contribution in [-0.2, 0) is 6.61 Å². The Hall–Kier alpha value is -1.61. The van der Waals surface area contributed by atoms with E-state index in [1.165, 1.54) is 17.5 Å². The van der Waals surface area contributed by atoms with E-state index in [-0.39, 0.29) is 6.61 Å². The molecule has 1 unspecified atom stereocenters. The van der Waals surface area contributed by atoms with Gasteiger partial charge in [0.1, 0.15) is 0 Å². The zero-order valence-corrected chi connectivity index (χ0v) is 12.2. The van der Waals surface area contributed by atoms with Crippen molar-refractivity contribution in [2.24, 2.45) is 11.8 Å². The van der Waals surface area contributed by atoms with E-state index < -0.39 is 0 Å². The van der Waals surface area contributed by atoms with Crippen LogP contribution >= 0.6 is 0 Å². The second kappa shape index (κ2) is 5.41. The zero-order chi connectivity index (χ0) is 14.1. The van der Waals surface area contributed by atoms with Crippen LogP contribution in [0, 0.1) is 11.8 Å². The van der Waals surface area contributed by atoms with Gasteiger partial charge in [0.25, 0.3) is 0 Å². The third-order valence-corrected chi connectivity index (χ3v) is 4.42. The molecule has 1 aromatic heterocycles. The fourth-order valence-electron chi connectivity index (χ4n) is 3.10. The normalized spacial score (nSPS) is 19.2. The molecule has 1 atom stereocenters. The van der Waals surface area contributed by atoms with Crippen LogP contribution < -0.4 is 4.90 Å². The molecule has 3 nitrogen and oxygen atoms in total. The van der Waals surface area contributed by atoms with Crippen LogP contribution in [0.5, 0.6) is 0 Å². The lowest BCUT2D eigenvalue weighted by atomic mass is 9.95. The van der Waals surface area contributed by atoms with Gasteiger partial charge in [0.2, 0.25) is 0 Å². The quantitative estimate of drug-likeness (QED) is 0.930. The molecule has 2 heterocycles. The van der Waals surface area contributed by atoms with Gasteiger partial charge in [-0.15, -0.1) is 0 Å². The van der Waals surface area contributed by atoms with Crippen molar-refractivity contribution in [1.82, 2.24) is 4.98 Å². The summed E-state index contributed by atoms with van der Waals surface area (Å²) in [6.07, 6.45) is 1.25. The molecule has 0 saturated carbocycles. The molecule has 106 valence electrons. The topological polar surface area (TPSA) is 36.4 Å². The number of rotatable bonds is 3. The van der Waals surface area contributed by atoms with Gasteiger partial charge in [-0.3, -0.25) is 4.98 Å². The first kappa shape index (κ1) is 13.4. The van der Waals surface area contributed by atoms with Gasteiger partial charge in [-0.05, 0) is 30.4 Å². The number of hydrogen-bond donors (Lipinski definition) is 1. The summed E-state index contributed by atoms with van der Waals surface area (Å²) in [5, 5.41) is 10.6. The summed E-state index contributed by atoms with van der Waals surface area (Å²) in [5.74, 6) is 1.49. The maximum atomic E-state index is 9.42. The molecule has 0 radical (unpaired) electrons. The molecule has 0 amide bonds. The number of hydrogen-bond acceptors (Lipinski definition) is 3. The van der Waals surface area contributed by atoms with Gasteiger partial charge in [-0.25, -0.2) is 0 Å². The minimum Gasteiger partial charge on any atom is -0.390 e. The molecule has 1 N–H and O–H groups in total. The summed E-state index contributed by atoms with van der Waals surface area (Å²) in [7, 11) is 0. The van der Waals surface area contributed by atoms with E-state index in [4.69, 9.17) is 0 Å². The maximum Gasteiger partial charge on any atom is 0.0854 e. The summed E-state index contributed by atoms with van der Waals surface area (Å²) in [4.78, 5) is 6.96. The lowest BCUT2D eigenvalue weighted by Crippen LogP contribution is -2.21. The van der Waals surface area contributed by atoms with E-state index in [1.54, 1.807) is 0 Å². The van der Waals surface area contributed by atoms with Gasteiger partial charge in [0.05, 0.1) is 17.8 Å². The van der Waals surface area contributed by atoms with E-state index in [1.807, 2.05) is 18.2 Å². The van der Waals surface area contributed by atoms with Gasteiger partial charge in [0, 0.05) is 24.2 Å². The lowest BCUT2D eigenvalue weighted by molar-refractivity contribution is 0.277. The third-order valence-electron chi connectivity index (χ3n) is 4.42. The van der Waals surface area contributed by atoms with Crippen molar-refractivity contribution in [3.05, 3.63) is 36.0 Å². The van der Waals surface area contributed by atoms with Crippen LogP contribution in [0.4, 0.5) is 5.69 Å². The van der Waals surface area contributed by atoms with Crippen LogP contribution in [0.1, 0.15) is 26.0 Å². The molecule has 0 spiro atoms. The number of anilines is 1. The largest absolute Gasteiger partial charge is 0.390 e. The molecule has 1 aromatic carbocycles. The molecule has 3 heteroatoms. The van der Waals surface area contributed by atoms with Crippen LogP contribution in [0.25, 0.3) is 10.9 Å². The highest BCUT2D eigenvalue weighted by atomic mass is 16.3. The van der Waals surface area contributed by atoms with Crippen LogP contribution in [0.3, 0.4) is 0 Å². The monoisotopic (exact) mass is 270 g/mol. The summed E-state index contributed by atoms with van der Waals surface area (Å²) in [6, 6.07) is 10.3. The van der Waals surface area contributed by atoms with Crippen LogP contribution in [0.2, 0.25) is 0 Å². The number of pyridine rings is 1. The molecule has 3 rings (SSSR count). The molecule has 0 aliphatic carbocycles. The van der Waals surface area contributed by atoms with Crippen molar-refractivity contribution in [3.8, 4) is 0 Å². The molecule has 1 saturated heterocycles. The molecular formula is C17H22N2O. The van der Waals surface area contributed by atoms with Crippen molar-refractivity contribution >= 4 is 16.6 Å². The highest BCUT2D eigenvalue weighted by Gasteiger charge is 2.26. The molecule has 20 heavy (non-hydrogen) atoms. The predicted octanol–water partition coefficient (Wildman–Crippen LogP) is 3.21. The number of aliphatic hydroxyl groups excluding tert-OH is 1. The van der Waals surface area contributed by atoms with Crippen molar-refractivity contribution in [1.29, 1.82) is 0 Å². The molecule has 1 aliphatic rings. The lowest BCUT2D eigenvalue weighted by Gasteiger charge is -2.22. The SMILES string of the molecule is CC(C)C1CCN(c2cc(CO)nc3ccccc23)C1. The summed E-state index contributed by atoms with van der Waals surface area (Å²) in [6.45, 7) is 6.81. The van der Waals surface area contributed by atoms with E-state index in [9.17, 15) is 5.11 Å². The van der Waals surface area contributed by atoms with Gasteiger partial charge in [-0.2, -0.15) is 0 Å². The average Bonchev–Trinajstić information content (AvgIpc) is 2.96. The Kier molecular flexibility index (Phi) is 3.62. The number of nitrogens with zero attached hydrogens (tertiary/aromatic N) is 2. The van der Waals surface area contributed by atoms with Crippen molar-refractivity contribution < 1.29 is 5.11 Å². The zero-order valence-electron chi connectivity index (χ0n) is 12.2. The maximum absolute atomic E-state index is 9.42. The minimum absolute atomic E-state index is 0.000711. The summed E-state index contributed by atoms with van der Waals surface area (Å²) >= 11 is 0. The summed E-state index contributed by atoms with van der Waals surface area (Å²) < 4.78 is 0. The second-order valence-corrected chi connectivity index (χ2v) is 6.05. The standard InChI is InChI=1S/C17H22N2O/c1-12(2)13-7-8-19(10-13)17-9-14(11-20)18-16-6-4-3-5-15(16)17/h3-6,9,12-13,20H,7-8,10-11H2,1-2H3. The molecule has 1 aliphatic heterocycles. The predicted molar refractivity (Wildman–Crippen MR) is 82.8 cm³/mol. The Balaban J connectivity index is 2.02. The van der Waals surface area contributed by atoms with Crippen molar-refractivity contribution in [2.45, 2.75) is 26.9 Å². The van der Waals surface area contributed by atoms with Crippen LogP contribution in [-0.4, -0.2) is 23.2 Å². The molecular weight excluding hydrogens is 248 g/mol. The number of fused-ring (bicyclic) bond motifs is 1. The molecule has 0 bridgehead atoms. The first-order valence-corrected chi connectivity index (χ1v) is 7.43. The first-order valence-electron chi connectivity index (χ1n) is 7.43. The number of benzene rings is 1. The Bertz CT molecular complexity index is 609. The minimum atomic E-state index is -0.000711. The molecule has 2 aromatic rings. The van der Waals surface area contributed by atoms with E-state index in [2.05, 4.69) is 35.9 Å².